The second kappa shape index (κ2) is 3.81. The van der Waals surface area contributed by atoms with Gasteiger partial charge in [-0.1, -0.05) is 6.07 Å². The summed E-state index contributed by atoms with van der Waals surface area (Å²) in [6.45, 7) is 2.38. The molecule has 1 saturated carbocycles. The van der Waals surface area contributed by atoms with Gasteiger partial charge in [0.15, 0.2) is 0 Å². The maximum Gasteiger partial charge on any atom is 0.0702 e. The number of benzene rings is 1. The summed E-state index contributed by atoms with van der Waals surface area (Å²) in [5, 5.41) is 10.6. The van der Waals surface area contributed by atoms with Crippen molar-refractivity contribution in [2.24, 2.45) is 5.41 Å². The zero-order valence-electron chi connectivity index (χ0n) is 10.1. The maximum atomic E-state index is 9.36. The van der Waals surface area contributed by atoms with Gasteiger partial charge in [0.1, 0.15) is 0 Å². The molecule has 1 aromatic carbocycles. The Morgan fingerprint density at radius 3 is 2.82 bits per heavy atom. The van der Waals surface area contributed by atoms with Crippen LogP contribution in [0.25, 0.3) is 10.9 Å². The molecule has 3 rings (SSSR count). The van der Waals surface area contributed by atoms with E-state index in [0.29, 0.717) is 6.61 Å². The highest BCUT2D eigenvalue weighted by Gasteiger charge is 2.41. The minimum absolute atomic E-state index is 0.185. The van der Waals surface area contributed by atoms with Gasteiger partial charge in [0.25, 0.3) is 0 Å². The van der Waals surface area contributed by atoms with Gasteiger partial charge in [-0.3, -0.25) is 4.98 Å². The molecule has 2 heteroatoms. The van der Waals surface area contributed by atoms with Crippen LogP contribution in [0.15, 0.2) is 30.5 Å². The van der Waals surface area contributed by atoms with Crippen molar-refractivity contribution in [3.63, 3.8) is 0 Å². The Bertz CT molecular complexity index is 558. The van der Waals surface area contributed by atoms with Gasteiger partial charge >= 0.3 is 0 Å². The normalized spacial score (nSPS) is 17.3. The molecule has 1 N–H and O–H groups in total. The third kappa shape index (κ3) is 2.05. The molecule has 0 radical (unpaired) electrons. The molecular formula is C15H17NO. The lowest BCUT2D eigenvalue weighted by atomic mass is 9.96. The van der Waals surface area contributed by atoms with Crippen molar-refractivity contribution in [1.82, 2.24) is 4.98 Å². The lowest BCUT2D eigenvalue weighted by Gasteiger charge is -2.11. The van der Waals surface area contributed by atoms with E-state index in [4.69, 9.17) is 0 Å². The third-order valence-corrected chi connectivity index (χ3v) is 3.75. The Labute approximate surface area is 101 Å². The summed E-state index contributed by atoms with van der Waals surface area (Å²) in [5.41, 5.74) is 3.74. The average molecular weight is 227 g/mol. The van der Waals surface area contributed by atoms with Crippen molar-refractivity contribution in [1.29, 1.82) is 0 Å². The van der Waals surface area contributed by atoms with Gasteiger partial charge < -0.3 is 5.11 Å². The molecule has 0 bridgehead atoms. The van der Waals surface area contributed by atoms with Crippen LogP contribution in [0.5, 0.6) is 0 Å². The summed E-state index contributed by atoms with van der Waals surface area (Å²) in [6.07, 6.45) is 5.21. The SMILES string of the molecule is Cc1cnc2ccc(CC3(CO)CC3)cc2c1. The molecule has 1 aromatic heterocycles. The summed E-state index contributed by atoms with van der Waals surface area (Å²) >= 11 is 0. The molecule has 17 heavy (non-hydrogen) atoms. The van der Waals surface area contributed by atoms with Crippen LogP contribution in [-0.2, 0) is 6.42 Å². The van der Waals surface area contributed by atoms with Gasteiger partial charge in [0.2, 0.25) is 0 Å². The Kier molecular flexibility index (Phi) is 2.40. The quantitative estimate of drug-likeness (QED) is 0.874. The predicted octanol–water partition coefficient (Wildman–Crippen LogP) is 2.86. The molecule has 0 atom stereocenters. The molecule has 2 nitrogen and oxygen atoms in total. The summed E-state index contributed by atoms with van der Waals surface area (Å²) in [5.74, 6) is 0. The smallest absolute Gasteiger partial charge is 0.0702 e. The molecule has 0 amide bonds. The highest BCUT2D eigenvalue weighted by atomic mass is 16.3. The van der Waals surface area contributed by atoms with Crippen LogP contribution >= 0.6 is 0 Å². The van der Waals surface area contributed by atoms with E-state index < -0.39 is 0 Å². The molecule has 1 aliphatic carbocycles. The molecular weight excluding hydrogens is 210 g/mol. The van der Waals surface area contributed by atoms with Crippen molar-refractivity contribution < 1.29 is 5.11 Å². The molecule has 1 heterocycles. The molecule has 0 saturated heterocycles. The molecule has 2 aromatic rings. The standard InChI is InChI=1S/C15H17NO/c1-11-6-13-7-12(2-3-14(13)16-9-11)8-15(10-17)4-5-15/h2-3,6-7,9,17H,4-5,8,10H2,1H3. The fraction of sp³-hybridized carbons (Fsp3) is 0.400. The van der Waals surface area contributed by atoms with Crippen LogP contribution in [0, 0.1) is 12.3 Å². The Hall–Kier alpha value is -1.41. The lowest BCUT2D eigenvalue weighted by Crippen LogP contribution is -2.09. The summed E-state index contributed by atoms with van der Waals surface area (Å²) in [6, 6.07) is 8.60. The fourth-order valence-corrected chi connectivity index (χ4v) is 2.40. The number of pyridine rings is 1. The molecule has 0 aliphatic heterocycles. The van der Waals surface area contributed by atoms with Gasteiger partial charge in [-0.2, -0.15) is 0 Å². The number of hydrogen-bond acceptors (Lipinski definition) is 2. The minimum Gasteiger partial charge on any atom is -0.396 e. The van der Waals surface area contributed by atoms with Crippen molar-refractivity contribution in [3.05, 3.63) is 41.6 Å². The van der Waals surface area contributed by atoms with E-state index in [9.17, 15) is 5.11 Å². The third-order valence-electron chi connectivity index (χ3n) is 3.75. The van der Waals surface area contributed by atoms with Gasteiger partial charge in [-0.05, 0) is 60.9 Å². The summed E-state index contributed by atoms with van der Waals surface area (Å²) in [4.78, 5) is 4.40. The monoisotopic (exact) mass is 227 g/mol. The highest BCUT2D eigenvalue weighted by molar-refractivity contribution is 5.79. The summed E-state index contributed by atoms with van der Waals surface area (Å²) in [7, 11) is 0. The number of aromatic nitrogens is 1. The molecule has 1 fully saturated rings. The highest BCUT2D eigenvalue weighted by Crippen LogP contribution is 2.47. The van der Waals surface area contributed by atoms with Crippen LogP contribution in [0.3, 0.4) is 0 Å². The average Bonchev–Trinajstić information content (AvgIpc) is 3.09. The fourth-order valence-electron chi connectivity index (χ4n) is 2.40. The van der Waals surface area contributed by atoms with Gasteiger partial charge in [0.05, 0.1) is 5.52 Å². The lowest BCUT2D eigenvalue weighted by molar-refractivity contribution is 0.211. The van der Waals surface area contributed by atoms with Gasteiger partial charge in [-0.15, -0.1) is 0 Å². The number of nitrogens with zero attached hydrogens (tertiary/aromatic N) is 1. The van der Waals surface area contributed by atoms with Crippen molar-refractivity contribution in [2.45, 2.75) is 26.2 Å². The van der Waals surface area contributed by atoms with Crippen LogP contribution in [0.2, 0.25) is 0 Å². The first-order chi connectivity index (χ1) is 8.21. The predicted molar refractivity (Wildman–Crippen MR) is 68.9 cm³/mol. The number of aliphatic hydroxyl groups excluding tert-OH is 1. The number of hydrogen-bond donors (Lipinski definition) is 1. The first-order valence-corrected chi connectivity index (χ1v) is 6.17. The van der Waals surface area contributed by atoms with E-state index in [1.165, 1.54) is 16.5 Å². The summed E-state index contributed by atoms with van der Waals surface area (Å²) < 4.78 is 0. The van der Waals surface area contributed by atoms with Crippen LogP contribution in [-0.4, -0.2) is 16.7 Å². The topological polar surface area (TPSA) is 33.1 Å². The van der Waals surface area contributed by atoms with Crippen LogP contribution in [0.1, 0.15) is 24.0 Å². The number of fused-ring (bicyclic) bond motifs is 1. The van der Waals surface area contributed by atoms with E-state index in [0.717, 1.165) is 24.8 Å². The molecule has 0 unspecified atom stereocenters. The second-order valence-corrected chi connectivity index (χ2v) is 5.37. The zero-order chi connectivity index (χ0) is 11.9. The van der Waals surface area contributed by atoms with Gasteiger partial charge in [0, 0.05) is 18.2 Å². The maximum absolute atomic E-state index is 9.36. The van der Waals surface area contributed by atoms with Crippen LogP contribution < -0.4 is 0 Å². The largest absolute Gasteiger partial charge is 0.396 e. The Morgan fingerprint density at radius 2 is 2.12 bits per heavy atom. The Morgan fingerprint density at radius 1 is 1.29 bits per heavy atom. The van der Waals surface area contributed by atoms with Crippen molar-refractivity contribution in [3.8, 4) is 0 Å². The molecule has 0 spiro atoms. The van der Waals surface area contributed by atoms with E-state index in [-0.39, 0.29) is 5.41 Å². The van der Waals surface area contributed by atoms with E-state index in [1.54, 1.807) is 0 Å². The molecule has 1 aliphatic rings. The van der Waals surface area contributed by atoms with Crippen molar-refractivity contribution >= 4 is 10.9 Å². The number of rotatable bonds is 3. The first-order valence-electron chi connectivity index (χ1n) is 6.17. The number of aryl methyl sites for hydroxylation is 1. The zero-order valence-corrected chi connectivity index (χ0v) is 10.1. The molecule has 88 valence electrons. The van der Waals surface area contributed by atoms with Crippen LogP contribution in [0.4, 0.5) is 0 Å². The van der Waals surface area contributed by atoms with E-state index >= 15 is 0 Å². The van der Waals surface area contributed by atoms with Gasteiger partial charge in [-0.25, -0.2) is 0 Å². The van der Waals surface area contributed by atoms with E-state index in [1.807, 2.05) is 6.20 Å². The minimum atomic E-state index is 0.185. The van der Waals surface area contributed by atoms with E-state index in [2.05, 4.69) is 36.2 Å². The Balaban J connectivity index is 1.95. The number of aliphatic hydroxyl groups is 1. The first kappa shape index (κ1) is 10.7. The van der Waals surface area contributed by atoms with Crippen molar-refractivity contribution in [2.75, 3.05) is 6.61 Å². The second-order valence-electron chi connectivity index (χ2n) is 5.37.